The highest BCUT2D eigenvalue weighted by molar-refractivity contribution is 6.31. The van der Waals surface area contributed by atoms with Gasteiger partial charge >= 0.3 is 6.03 Å². The van der Waals surface area contributed by atoms with E-state index in [1.165, 1.54) is 25.7 Å². The molecule has 0 spiro atoms. The average molecular weight is 259 g/mol. The number of imide groups is 1. The Bertz CT molecular complexity index is 300. The zero-order valence-corrected chi connectivity index (χ0v) is 10.8. The number of hydrogen-bond donors (Lipinski definition) is 2. The largest absolute Gasteiger partial charge is 0.337 e. The Kier molecular flexibility index (Phi) is 3.92. The number of hydrogen-bond acceptors (Lipinski definition) is 2. The molecular weight excluding hydrogens is 240 g/mol. The normalized spacial score (nSPS) is 21.1. The van der Waals surface area contributed by atoms with Gasteiger partial charge in [-0.3, -0.25) is 10.1 Å². The van der Waals surface area contributed by atoms with E-state index in [0.717, 1.165) is 11.8 Å². The molecule has 0 radical (unpaired) electrons. The summed E-state index contributed by atoms with van der Waals surface area (Å²) in [6.07, 6.45) is 5.18. The summed E-state index contributed by atoms with van der Waals surface area (Å²) in [5, 5.41) is 4.34. The summed E-state index contributed by atoms with van der Waals surface area (Å²) in [7, 11) is 0. The average Bonchev–Trinajstić information content (AvgIpc) is 3.12. The van der Waals surface area contributed by atoms with Crippen molar-refractivity contribution in [2.75, 3.05) is 6.54 Å². The first-order valence-corrected chi connectivity index (χ1v) is 6.74. The van der Waals surface area contributed by atoms with Crippen molar-refractivity contribution in [3.8, 4) is 0 Å². The maximum Gasteiger partial charge on any atom is 0.321 e. The molecule has 1 unspecified atom stereocenters. The lowest BCUT2D eigenvalue weighted by molar-refractivity contribution is -0.119. The molecule has 96 valence electrons. The van der Waals surface area contributed by atoms with Crippen LogP contribution in [0.15, 0.2) is 0 Å². The minimum atomic E-state index is -0.677. The SMILES string of the molecule is CC(Cl)C(=O)NC(=O)NCC(C1CC1)C1CC1. The molecule has 0 aliphatic heterocycles. The number of carbonyl (C=O) groups excluding carboxylic acids is 2. The first-order valence-electron chi connectivity index (χ1n) is 6.30. The monoisotopic (exact) mass is 258 g/mol. The Morgan fingerprint density at radius 1 is 1.24 bits per heavy atom. The van der Waals surface area contributed by atoms with Gasteiger partial charge in [0.15, 0.2) is 0 Å². The van der Waals surface area contributed by atoms with Crippen molar-refractivity contribution in [1.29, 1.82) is 0 Å². The Labute approximate surface area is 106 Å². The first kappa shape index (κ1) is 12.7. The fourth-order valence-corrected chi connectivity index (χ4v) is 2.29. The molecule has 1 atom stereocenters. The van der Waals surface area contributed by atoms with E-state index in [4.69, 9.17) is 11.6 Å². The second kappa shape index (κ2) is 5.25. The summed E-state index contributed by atoms with van der Waals surface area (Å²) >= 11 is 5.56. The summed E-state index contributed by atoms with van der Waals surface area (Å²) in [4.78, 5) is 22.6. The second-order valence-electron chi connectivity index (χ2n) is 5.15. The summed E-state index contributed by atoms with van der Waals surface area (Å²) in [6.45, 7) is 2.23. The molecule has 0 aromatic rings. The van der Waals surface area contributed by atoms with Gasteiger partial charge in [0.25, 0.3) is 0 Å². The van der Waals surface area contributed by atoms with Gasteiger partial charge in [0.05, 0.1) is 0 Å². The van der Waals surface area contributed by atoms with Gasteiger partial charge in [-0.05, 0) is 50.4 Å². The van der Waals surface area contributed by atoms with Crippen LogP contribution < -0.4 is 10.6 Å². The number of halogens is 1. The molecular formula is C12H19ClN2O2. The molecule has 5 heteroatoms. The minimum absolute atomic E-state index is 0.422. The Morgan fingerprint density at radius 2 is 1.76 bits per heavy atom. The van der Waals surface area contributed by atoms with Crippen LogP contribution in [0.3, 0.4) is 0 Å². The summed E-state index contributed by atoms with van der Waals surface area (Å²) in [5.41, 5.74) is 0. The molecule has 3 amide bonds. The third-order valence-corrected chi connectivity index (χ3v) is 3.75. The van der Waals surface area contributed by atoms with Crippen LogP contribution in [0.5, 0.6) is 0 Å². The molecule has 0 aromatic heterocycles. The molecule has 2 fully saturated rings. The molecule has 0 heterocycles. The van der Waals surface area contributed by atoms with Crippen LogP contribution >= 0.6 is 11.6 Å². The highest BCUT2D eigenvalue weighted by atomic mass is 35.5. The molecule has 0 aromatic carbocycles. The summed E-state index contributed by atoms with van der Waals surface area (Å²) in [6, 6.07) is -0.422. The van der Waals surface area contributed by atoms with E-state index >= 15 is 0 Å². The topological polar surface area (TPSA) is 58.2 Å². The van der Waals surface area contributed by atoms with Crippen molar-refractivity contribution in [2.24, 2.45) is 17.8 Å². The van der Waals surface area contributed by atoms with Crippen LogP contribution in [0.25, 0.3) is 0 Å². The maximum atomic E-state index is 11.4. The van der Waals surface area contributed by atoms with Crippen molar-refractivity contribution >= 4 is 23.5 Å². The quantitative estimate of drug-likeness (QED) is 0.740. The number of alkyl halides is 1. The minimum Gasteiger partial charge on any atom is -0.337 e. The summed E-state index contributed by atoms with van der Waals surface area (Å²) < 4.78 is 0. The van der Waals surface area contributed by atoms with E-state index in [1.807, 2.05) is 0 Å². The van der Waals surface area contributed by atoms with E-state index in [9.17, 15) is 9.59 Å². The van der Waals surface area contributed by atoms with Crippen molar-refractivity contribution in [1.82, 2.24) is 10.6 Å². The van der Waals surface area contributed by atoms with Crippen molar-refractivity contribution in [2.45, 2.75) is 38.0 Å². The zero-order chi connectivity index (χ0) is 12.4. The maximum absolute atomic E-state index is 11.4. The highest BCUT2D eigenvalue weighted by Gasteiger charge is 2.41. The third-order valence-electron chi connectivity index (χ3n) is 3.55. The molecule has 4 nitrogen and oxygen atoms in total. The molecule has 2 rings (SSSR count). The lowest BCUT2D eigenvalue weighted by Gasteiger charge is -2.16. The highest BCUT2D eigenvalue weighted by Crippen LogP contribution is 2.48. The number of rotatable bonds is 5. The van der Waals surface area contributed by atoms with Crippen molar-refractivity contribution in [3.63, 3.8) is 0 Å². The van der Waals surface area contributed by atoms with Crippen LogP contribution in [0.1, 0.15) is 32.6 Å². The van der Waals surface area contributed by atoms with Crippen LogP contribution in [0, 0.1) is 17.8 Å². The van der Waals surface area contributed by atoms with E-state index < -0.39 is 17.3 Å². The van der Waals surface area contributed by atoms with Crippen molar-refractivity contribution in [3.05, 3.63) is 0 Å². The van der Waals surface area contributed by atoms with E-state index in [-0.39, 0.29) is 0 Å². The van der Waals surface area contributed by atoms with Gasteiger partial charge in [-0.25, -0.2) is 4.79 Å². The predicted molar refractivity (Wildman–Crippen MR) is 65.8 cm³/mol. The van der Waals surface area contributed by atoms with E-state index in [1.54, 1.807) is 6.92 Å². The van der Waals surface area contributed by atoms with Gasteiger partial charge in [-0.1, -0.05) is 0 Å². The van der Waals surface area contributed by atoms with Crippen LogP contribution in [-0.4, -0.2) is 23.9 Å². The number of nitrogens with one attached hydrogen (secondary N) is 2. The van der Waals surface area contributed by atoms with Gasteiger partial charge in [0.1, 0.15) is 5.38 Å². The molecule has 2 aliphatic rings. The fraction of sp³-hybridized carbons (Fsp3) is 0.833. The first-order chi connectivity index (χ1) is 8.08. The zero-order valence-electron chi connectivity index (χ0n) is 10.0. The Balaban J connectivity index is 1.69. The van der Waals surface area contributed by atoms with Gasteiger partial charge in [-0.2, -0.15) is 0 Å². The van der Waals surface area contributed by atoms with Gasteiger partial charge < -0.3 is 5.32 Å². The molecule has 17 heavy (non-hydrogen) atoms. The van der Waals surface area contributed by atoms with Gasteiger partial charge in [0.2, 0.25) is 5.91 Å². The third kappa shape index (κ3) is 3.87. The van der Waals surface area contributed by atoms with Gasteiger partial charge in [-0.15, -0.1) is 11.6 Å². The van der Waals surface area contributed by atoms with Gasteiger partial charge in [0, 0.05) is 6.54 Å². The number of urea groups is 1. The van der Waals surface area contributed by atoms with Crippen LogP contribution in [0.4, 0.5) is 4.79 Å². The lowest BCUT2D eigenvalue weighted by Crippen LogP contribution is -2.44. The second-order valence-corrected chi connectivity index (χ2v) is 5.81. The molecule has 0 bridgehead atoms. The Hall–Kier alpha value is -0.770. The molecule has 2 aliphatic carbocycles. The molecule has 2 N–H and O–H groups in total. The standard InChI is InChI=1S/C12H19ClN2O2/c1-7(13)11(16)15-12(17)14-6-10(8-2-3-8)9-4-5-9/h7-10H,2-6H2,1H3,(H2,14,15,16,17). The Morgan fingerprint density at radius 3 is 2.18 bits per heavy atom. The molecule has 0 saturated heterocycles. The van der Waals surface area contributed by atoms with Crippen LogP contribution in [0.2, 0.25) is 0 Å². The van der Waals surface area contributed by atoms with Crippen molar-refractivity contribution < 1.29 is 9.59 Å². The summed E-state index contributed by atoms with van der Waals surface area (Å²) in [5.74, 6) is 1.76. The smallest absolute Gasteiger partial charge is 0.321 e. The van der Waals surface area contributed by atoms with E-state index in [0.29, 0.717) is 12.5 Å². The van der Waals surface area contributed by atoms with E-state index in [2.05, 4.69) is 10.6 Å². The fourth-order valence-electron chi connectivity index (χ4n) is 2.23. The predicted octanol–water partition coefficient (Wildman–Crippen LogP) is 1.88. The lowest BCUT2D eigenvalue weighted by atomic mass is 9.98. The molecule has 2 saturated carbocycles. The van der Waals surface area contributed by atoms with Crippen LogP contribution in [-0.2, 0) is 4.79 Å². The number of carbonyl (C=O) groups is 2. The number of amides is 3.